The molecule has 94 valence electrons. The Hall–Kier alpha value is -1.26. The van der Waals surface area contributed by atoms with E-state index < -0.39 is 11.2 Å². The Morgan fingerprint density at radius 3 is 2.67 bits per heavy atom. The number of benzene rings is 1. The highest BCUT2D eigenvalue weighted by atomic mass is 35.5. The standard InChI is InChI=1S/C12H9Cl2FN2O/c13-7-4-17(5-1-2-5)11-6(12(7)18)3-8(15)10(16)9(11)14/h3-5H,1-2,16H2. The molecule has 1 aromatic carbocycles. The van der Waals surface area contributed by atoms with Crippen LogP contribution in [0.4, 0.5) is 10.1 Å². The SMILES string of the molecule is Nc1c(F)cc2c(=O)c(Cl)cn(C3CC3)c2c1Cl. The zero-order chi connectivity index (χ0) is 13.0. The molecule has 3 nitrogen and oxygen atoms in total. The quantitative estimate of drug-likeness (QED) is 0.817. The smallest absolute Gasteiger partial charge is 0.208 e. The summed E-state index contributed by atoms with van der Waals surface area (Å²) in [5, 5.41) is 0.311. The second-order valence-corrected chi connectivity index (χ2v) is 5.21. The molecule has 0 saturated heterocycles. The number of nitrogen functional groups attached to an aromatic ring is 1. The minimum atomic E-state index is -0.700. The van der Waals surface area contributed by atoms with Crippen LogP contribution >= 0.6 is 23.2 Å². The number of nitrogens with two attached hydrogens (primary N) is 1. The van der Waals surface area contributed by atoms with Gasteiger partial charge < -0.3 is 10.3 Å². The molecule has 0 atom stereocenters. The van der Waals surface area contributed by atoms with E-state index in [1.54, 1.807) is 6.20 Å². The molecule has 1 aliphatic carbocycles. The summed E-state index contributed by atoms with van der Waals surface area (Å²) in [5.41, 5.74) is 5.47. The van der Waals surface area contributed by atoms with Crippen molar-refractivity contribution in [3.05, 3.63) is 38.3 Å². The van der Waals surface area contributed by atoms with Crippen molar-refractivity contribution in [1.82, 2.24) is 4.57 Å². The van der Waals surface area contributed by atoms with Gasteiger partial charge in [0.1, 0.15) is 10.8 Å². The second kappa shape index (κ2) is 3.87. The van der Waals surface area contributed by atoms with Crippen LogP contribution in [0.3, 0.4) is 0 Å². The van der Waals surface area contributed by atoms with Crippen molar-refractivity contribution in [1.29, 1.82) is 0 Å². The molecule has 18 heavy (non-hydrogen) atoms. The molecule has 1 heterocycles. The van der Waals surface area contributed by atoms with E-state index in [1.807, 2.05) is 4.57 Å². The van der Waals surface area contributed by atoms with Gasteiger partial charge in [-0.05, 0) is 18.9 Å². The van der Waals surface area contributed by atoms with Gasteiger partial charge in [0, 0.05) is 12.2 Å². The van der Waals surface area contributed by atoms with Gasteiger partial charge in [-0.1, -0.05) is 23.2 Å². The minimum absolute atomic E-state index is 0.0645. The number of nitrogens with zero attached hydrogens (tertiary/aromatic N) is 1. The molecule has 3 rings (SSSR count). The molecule has 0 spiro atoms. The van der Waals surface area contributed by atoms with Crippen LogP contribution < -0.4 is 11.2 Å². The van der Waals surface area contributed by atoms with Crippen LogP contribution in [0.1, 0.15) is 18.9 Å². The van der Waals surface area contributed by atoms with E-state index in [4.69, 9.17) is 28.9 Å². The van der Waals surface area contributed by atoms with Crippen molar-refractivity contribution in [2.45, 2.75) is 18.9 Å². The zero-order valence-corrected chi connectivity index (χ0v) is 10.7. The molecule has 0 radical (unpaired) electrons. The van der Waals surface area contributed by atoms with E-state index in [1.165, 1.54) is 0 Å². The lowest BCUT2D eigenvalue weighted by Crippen LogP contribution is -2.11. The third kappa shape index (κ3) is 1.60. The zero-order valence-electron chi connectivity index (χ0n) is 9.21. The van der Waals surface area contributed by atoms with Crippen LogP contribution in [-0.2, 0) is 0 Å². The lowest BCUT2D eigenvalue weighted by atomic mass is 10.1. The van der Waals surface area contributed by atoms with Crippen LogP contribution in [0.25, 0.3) is 10.9 Å². The van der Waals surface area contributed by atoms with Gasteiger partial charge in [-0.3, -0.25) is 4.79 Å². The third-order valence-electron chi connectivity index (χ3n) is 3.14. The number of hydrogen-bond acceptors (Lipinski definition) is 2. The van der Waals surface area contributed by atoms with E-state index in [9.17, 15) is 9.18 Å². The van der Waals surface area contributed by atoms with Gasteiger partial charge in [0.05, 0.1) is 21.6 Å². The number of aromatic nitrogens is 1. The fourth-order valence-electron chi connectivity index (χ4n) is 2.06. The van der Waals surface area contributed by atoms with E-state index in [0.717, 1.165) is 18.9 Å². The average molecular weight is 287 g/mol. The van der Waals surface area contributed by atoms with Crippen LogP contribution in [0, 0.1) is 5.82 Å². The number of hydrogen-bond donors (Lipinski definition) is 1. The fraction of sp³-hybridized carbons (Fsp3) is 0.250. The van der Waals surface area contributed by atoms with E-state index in [0.29, 0.717) is 5.52 Å². The molecular formula is C12H9Cl2FN2O. The first-order chi connectivity index (χ1) is 8.50. The lowest BCUT2D eigenvalue weighted by molar-refractivity contribution is 0.633. The number of halogens is 3. The van der Waals surface area contributed by atoms with Gasteiger partial charge in [-0.15, -0.1) is 0 Å². The molecule has 1 aromatic heterocycles. The monoisotopic (exact) mass is 286 g/mol. The highest BCUT2D eigenvalue weighted by Crippen LogP contribution is 2.40. The molecule has 1 fully saturated rings. The van der Waals surface area contributed by atoms with Crippen LogP contribution in [0.2, 0.25) is 10.0 Å². The molecule has 0 aliphatic heterocycles. The number of pyridine rings is 1. The van der Waals surface area contributed by atoms with Gasteiger partial charge in [-0.25, -0.2) is 4.39 Å². The molecule has 0 bridgehead atoms. The molecule has 2 N–H and O–H groups in total. The first-order valence-corrected chi connectivity index (χ1v) is 6.24. The predicted molar refractivity (Wildman–Crippen MR) is 70.9 cm³/mol. The van der Waals surface area contributed by atoms with Crippen LogP contribution in [0.5, 0.6) is 0 Å². The fourth-order valence-corrected chi connectivity index (χ4v) is 2.56. The largest absolute Gasteiger partial charge is 0.395 e. The first-order valence-electron chi connectivity index (χ1n) is 5.48. The van der Waals surface area contributed by atoms with Crippen molar-refractivity contribution < 1.29 is 4.39 Å². The third-order valence-corrected chi connectivity index (χ3v) is 3.79. The van der Waals surface area contributed by atoms with Gasteiger partial charge in [0.25, 0.3) is 0 Å². The van der Waals surface area contributed by atoms with E-state index in [2.05, 4.69) is 0 Å². The van der Waals surface area contributed by atoms with E-state index >= 15 is 0 Å². The summed E-state index contributed by atoms with van der Waals surface area (Å²) in [4.78, 5) is 11.9. The summed E-state index contributed by atoms with van der Waals surface area (Å²) in [7, 11) is 0. The Kier molecular flexibility index (Phi) is 2.54. The molecule has 1 saturated carbocycles. The first kappa shape index (κ1) is 11.8. The average Bonchev–Trinajstić information content (AvgIpc) is 3.15. The van der Waals surface area contributed by atoms with Crippen molar-refractivity contribution in [3.8, 4) is 0 Å². The Balaban J connectivity index is 2.53. The predicted octanol–water partition coefficient (Wildman–Crippen LogP) is 3.36. The summed E-state index contributed by atoms with van der Waals surface area (Å²) >= 11 is 11.9. The number of fused-ring (bicyclic) bond motifs is 1. The van der Waals surface area contributed by atoms with Gasteiger partial charge >= 0.3 is 0 Å². The second-order valence-electron chi connectivity index (χ2n) is 4.43. The van der Waals surface area contributed by atoms with Crippen LogP contribution in [0.15, 0.2) is 17.1 Å². The summed E-state index contributed by atoms with van der Waals surface area (Å²) in [6.45, 7) is 0. The van der Waals surface area contributed by atoms with Crippen molar-refractivity contribution >= 4 is 39.8 Å². The summed E-state index contributed by atoms with van der Waals surface area (Å²) < 4.78 is 15.4. The van der Waals surface area contributed by atoms with Gasteiger partial charge in [0.15, 0.2) is 0 Å². The van der Waals surface area contributed by atoms with Gasteiger partial charge in [0.2, 0.25) is 5.43 Å². The van der Waals surface area contributed by atoms with Crippen molar-refractivity contribution in [2.75, 3.05) is 5.73 Å². The molecule has 1 aliphatic rings. The maximum absolute atomic E-state index is 13.6. The lowest BCUT2D eigenvalue weighted by Gasteiger charge is -2.13. The normalized spacial score (nSPS) is 15.3. The van der Waals surface area contributed by atoms with E-state index in [-0.39, 0.29) is 27.2 Å². The van der Waals surface area contributed by atoms with Gasteiger partial charge in [-0.2, -0.15) is 0 Å². The topological polar surface area (TPSA) is 48.0 Å². The maximum Gasteiger partial charge on any atom is 0.208 e. The summed E-state index contributed by atoms with van der Waals surface area (Å²) in [5.74, 6) is -0.700. The highest BCUT2D eigenvalue weighted by molar-refractivity contribution is 6.38. The number of rotatable bonds is 1. The van der Waals surface area contributed by atoms with Crippen LogP contribution in [-0.4, -0.2) is 4.57 Å². The Morgan fingerprint density at radius 1 is 1.39 bits per heavy atom. The number of anilines is 1. The van der Waals surface area contributed by atoms with Crippen molar-refractivity contribution in [3.63, 3.8) is 0 Å². The Morgan fingerprint density at radius 2 is 2.06 bits per heavy atom. The maximum atomic E-state index is 13.6. The summed E-state index contributed by atoms with van der Waals surface area (Å²) in [6, 6.07) is 1.36. The van der Waals surface area contributed by atoms with Crippen molar-refractivity contribution in [2.24, 2.45) is 0 Å². The molecule has 2 aromatic rings. The Bertz CT molecular complexity index is 722. The highest BCUT2D eigenvalue weighted by Gasteiger charge is 2.27. The summed E-state index contributed by atoms with van der Waals surface area (Å²) in [6.07, 6.45) is 3.52. The Labute approximate surface area is 112 Å². The molecule has 6 heteroatoms. The molecule has 0 unspecified atom stereocenters. The minimum Gasteiger partial charge on any atom is -0.395 e. The molecular weight excluding hydrogens is 278 g/mol. The molecule has 0 amide bonds.